The standard InChI is InChI=1S/C60H48O15/c61-34-9-1-30(2-10-34)24-46-56(57(73)41-19-16-38(65)26-50(41)70)59(33-7-13-36(63)14-8-33)75-60(46)45-28-44(51(71)29-52(45)72)54-42-20-17-39(66)27-53(42)74-58(32-5-11-35(62)12-6-32)55(54)43-23-31(4-22-48(43)68)3-21-47(67)40-18-15-37(64)25-49(40)69/h1-23,25-29,46,54-56,58-66,68-72H,24H2. The number of benzene rings is 8. The van der Waals surface area contributed by atoms with Crippen molar-refractivity contribution in [1.82, 2.24) is 0 Å². The molecule has 75 heavy (non-hydrogen) atoms. The first-order valence-corrected chi connectivity index (χ1v) is 23.7. The third-order valence-corrected chi connectivity index (χ3v) is 14.0. The Balaban J connectivity index is 1.16. The lowest BCUT2D eigenvalue weighted by Crippen LogP contribution is -2.30. The molecule has 2 heterocycles. The van der Waals surface area contributed by atoms with Crippen molar-refractivity contribution in [3.63, 3.8) is 0 Å². The third-order valence-electron chi connectivity index (χ3n) is 14.0. The fourth-order valence-electron chi connectivity index (χ4n) is 10.5. The monoisotopic (exact) mass is 1010 g/mol. The van der Waals surface area contributed by atoms with Crippen LogP contribution in [0.15, 0.2) is 164 Å². The molecule has 15 heteroatoms. The summed E-state index contributed by atoms with van der Waals surface area (Å²) < 4.78 is 13.7. The van der Waals surface area contributed by atoms with Gasteiger partial charge in [-0.05, 0) is 120 Å². The van der Waals surface area contributed by atoms with Crippen molar-refractivity contribution in [2.75, 3.05) is 0 Å². The second-order valence-corrected chi connectivity index (χ2v) is 18.7. The molecule has 0 saturated carbocycles. The summed E-state index contributed by atoms with van der Waals surface area (Å²) in [6.07, 6.45) is -0.536. The van der Waals surface area contributed by atoms with Crippen molar-refractivity contribution in [2.45, 2.75) is 36.6 Å². The molecule has 2 aliphatic heterocycles. The van der Waals surface area contributed by atoms with E-state index in [1.807, 2.05) is 0 Å². The number of fused-ring (bicyclic) bond motifs is 1. The molecule has 7 atom stereocenters. The minimum absolute atomic E-state index is 0.0110. The third kappa shape index (κ3) is 9.63. The van der Waals surface area contributed by atoms with Crippen LogP contribution in [0.25, 0.3) is 6.08 Å². The van der Waals surface area contributed by atoms with Gasteiger partial charge < -0.3 is 65.6 Å². The quantitative estimate of drug-likeness (QED) is 0.0401. The lowest BCUT2D eigenvalue weighted by molar-refractivity contribution is 0.0253. The average molecular weight is 1010 g/mol. The Bertz CT molecular complexity index is 3520. The number of phenolic OH excluding ortho intramolecular Hbond substituents is 11. The number of rotatable bonds is 12. The van der Waals surface area contributed by atoms with Crippen LogP contribution in [0.4, 0.5) is 0 Å². The van der Waals surface area contributed by atoms with Crippen LogP contribution in [0.3, 0.4) is 0 Å². The van der Waals surface area contributed by atoms with E-state index in [0.717, 1.165) is 18.2 Å². The van der Waals surface area contributed by atoms with Crippen LogP contribution in [0, 0.1) is 11.8 Å². The molecular formula is C60H48O15. The van der Waals surface area contributed by atoms with E-state index in [4.69, 9.17) is 9.47 Å². The van der Waals surface area contributed by atoms with Gasteiger partial charge in [0.15, 0.2) is 11.6 Å². The summed E-state index contributed by atoms with van der Waals surface area (Å²) in [5.74, 6) is -7.78. The maximum Gasteiger partial charge on any atom is 0.189 e. The first-order valence-electron chi connectivity index (χ1n) is 23.7. The van der Waals surface area contributed by atoms with Crippen LogP contribution in [0.1, 0.15) is 95.4 Å². The van der Waals surface area contributed by atoms with Gasteiger partial charge in [-0.1, -0.05) is 54.6 Å². The molecule has 0 spiro atoms. The molecule has 0 radical (unpaired) electrons. The van der Waals surface area contributed by atoms with Crippen molar-refractivity contribution in [3.8, 4) is 69.0 Å². The SMILES string of the molecule is O=C(C=Cc1ccc(O)c(C2C(c3ccc(O)cc3)Oc3cc(O)ccc3C2c2cc(C3OC(c4ccc(O)cc4)C(C(=O)c4ccc(O)cc4O)C3Cc3ccc(O)cc3)c(O)cc2O)c1)c1ccc(O)cc1O. The number of hydrogen-bond donors (Lipinski definition) is 11. The number of carbonyl (C=O) groups excluding carboxylic acids is 2. The van der Waals surface area contributed by atoms with Crippen LogP contribution in [-0.2, 0) is 11.2 Å². The van der Waals surface area contributed by atoms with Gasteiger partial charge in [0.25, 0.3) is 0 Å². The summed E-state index contributed by atoms with van der Waals surface area (Å²) in [5, 5.41) is 120. The summed E-state index contributed by atoms with van der Waals surface area (Å²) in [4.78, 5) is 28.4. The van der Waals surface area contributed by atoms with Crippen LogP contribution in [0.5, 0.6) is 69.0 Å². The van der Waals surface area contributed by atoms with Crippen molar-refractivity contribution < 1.29 is 75.2 Å². The van der Waals surface area contributed by atoms with Crippen LogP contribution < -0.4 is 4.74 Å². The number of allylic oxidation sites excluding steroid dienone is 1. The Kier molecular flexibility index (Phi) is 12.9. The maximum absolute atomic E-state index is 15.1. The highest BCUT2D eigenvalue weighted by Crippen LogP contribution is 2.60. The van der Waals surface area contributed by atoms with Crippen molar-refractivity contribution >= 4 is 17.6 Å². The Hall–Kier alpha value is -9.60. The van der Waals surface area contributed by atoms with E-state index in [1.54, 1.807) is 60.7 Å². The van der Waals surface area contributed by atoms with Crippen LogP contribution in [0.2, 0.25) is 0 Å². The molecule has 0 aliphatic carbocycles. The highest BCUT2D eigenvalue weighted by atomic mass is 16.5. The number of Topliss-reactive ketones (excluding diaryl/α,β-unsaturated/α-hetero) is 1. The summed E-state index contributed by atoms with van der Waals surface area (Å²) in [7, 11) is 0. The lowest BCUT2D eigenvalue weighted by Gasteiger charge is -2.41. The predicted molar refractivity (Wildman–Crippen MR) is 273 cm³/mol. The van der Waals surface area contributed by atoms with Crippen molar-refractivity contribution in [3.05, 3.63) is 219 Å². The normalized spacial score (nSPS) is 20.1. The molecule has 11 N–H and O–H groups in total. The van der Waals surface area contributed by atoms with Gasteiger partial charge in [-0.15, -0.1) is 0 Å². The summed E-state index contributed by atoms with van der Waals surface area (Å²) in [6.45, 7) is 0. The van der Waals surface area contributed by atoms with Gasteiger partial charge in [0.1, 0.15) is 75.1 Å². The fraction of sp³-hybridized carbons (Fsp3) is 0.133. The van der Waals surface area contributed by atoms with E-state index < -0.39 is 76.5 Å². The molecule has 8 aromatic carbocycles. The molecule has 10 rings (SSSR count). The summed E-state index contributed by atoms with van der Waals surface area (Å²) in [5.41, 5.74) is 2.79. The first kappa shape index (κ1) is 49.0. The zero-order valence-corrected chi connectivity index (χ0v) is 39.5. The Morgan fingerprint density at radius 2 is 0.987 bits per heavy atom. The molecule has 0 bridgehead atoms. The molecule has 1 saturated heterocycles. The number of hydrogen-bond acceptors (Lipinski definition) is 15. The van der Waals surface area contributed by atoms with Gasteiger partial charge in [-0.3, -0.25) is 9.59 Å². The molecule has 8 aromatic rings. The first-order chi connectivity index (χ1) is 36.0. The second-order valence-electron chi connectivity index (χ2n) is 18.7. The minimum atomic E-state index is -1.18. The van der Waals surface area contributed by atoms with E-state index in [0.29, 0.717) is 27.8 Å². The molecule has 2 aliphatic rings. The van der Waals surface area contributed by atoms with E-state index in [2.05, 4.69) is 0 Å². The average Bonchev–Trinajstić information content (AvgIpc) is 3.78. The predicted octanol–water partition coefficient (Wildman–Crippen LogP) is 10.6. The molecule has 7 unspecified atom stereocenters. The van der Waals surface area contributed by atoms with Gasteiger partial charge in [-0.2, -0.15) is 0 Å². The number of carbonyl (C=O) groups is 2. The molecule has 1 fully saturated rings. The number of ketones is 2. The summed E-state index contributed by atoms with van der Waals surface area (Å²) >= 11 is 0. The van der Waals surface area contributed by atoms with Gasteiger partial charge in [0.2, 0.25) is 0 Å². The molecule has 0 amide bonds. The molecule has 15 nitrogen and oxygen atoms in total. The van der Waals surface area contributed by atoms with Gasteiger partial charge >= 0.3 is 0 Å². The number of aromatic hydroxyl groups is 11. The Morgan fingerprint density at radius 1 is 0.440 bits per heavy atom. The van der Waals surface area contributed by atoms with E-state index in [-0.39, 0.29) is 80.2 Å². The van der Waals surface area contributed by atoms with Crippen molar-refractivity contribution in [2.24, 2.45) is 11.8 Å². The zero-order chi connectivity index (χ0) is 52.8. The Labute approximate surface area is 428 Å². The smallest absolute Gasteiger partial charge is 0.189 e. The van der Waals surface area contributed by atoms with E-state index >= 15 is 4.79 Å². The van der Waals surface area contributed by atoms with Gasteiger partial charge in [-0.25, -0.2) is 0 Å². The van der Waals surface area contributed by atoms with Crippen LogP contribution in [-0.4, -0.2) is 67.7 Å². The molecule has 378 valence electrons. The zero-order valence-electron chi connectivity index (χ0n) is 39.5. The minimum Gasteiger partial charge on any atom is -0.508 e. The van der Waals surface area contributed by atoms with Gasteiger partial charge in [0, 0.05) is 64.3 Å². The van der Waals surface area contributed by atoms with Crippen molar-refractivity contribution in [1.29, 1.82) is 0 Å². The van der Waals surface area contributed by atoms with Gasteiger partial charge in [0.05, 0.1) is 29.3 Å². The lowest BCUT2D eigenvalue weighted by atomic mass is 9.69. The van der Waals surface area contributed by atoms with E-state index in [1.165, 1.54) is 91.0 Å². The Morgan fingerprint density at radius 3 is 1.61 bits per heavy atom. The molecular weight excluding hydrogens is 961 g/mol. The highest BCUT2D eigenvalue weighted by Gasteiger charge is 2.51. The largest absolute Gasteiger partial charge is 0.508 e. The second kappa shape index (κ2) is 19.8. The topological polar surface area (TPSA) is 275 Å². The van der Waals surface area contributed by atoms with E-state index in [9.17, 15) is 61.0 Å². The summed E-state index contributed by atoms with van der Waals surface area (Å²) in [6, 6.07) is 37.4. The highest BCUT2D eigenvalue weighted by molar-refractivity contribution is 6.08. The number of phenols is 11. The molecule has 0 aromatic heterocycles. The van der Waals surface area contributed by atoms with Crippen LogP contribution >= 0.6 is 0 Å². The number of ether oxygens (including phenoxy) is 2. The fourth-order valence-corrected chi connectivity index (χ4v) is 10.5. The maximum atomic E-state index is 15.1.